The first-order valence-electron chi connectivity index (χ1n) is 10.0. The normalized spacial score (nSPS) is 24.6. The first-order chi connectivity index (χ1) is 14.7. The molecule has 3 saturated heterocycles. The minimum absolute atomic E-state index is 0.0250. The van der Waals surface area contributed by atoms with Gasteiger partial charge in [-0.25, -0.2) is 9.18 Å². The summed E-state index contributed by atoms with van der Waals surface area (Å²) < 4.78 is 65.3. The number of Topliss-reactive ketones (excluding diaryl/α,β-unsaturated/α-hetero) is 1. The number of halogens is 4. The lowest BCUT2D eigenvalue weighted by atomic mass is 9.88. The number of carbonyl (C=O) groups is 2. The third kappa shape index (κ3) is 5.27. The average Bonchev–Trinajstić information content (AvgIpc) is 2.66. The Morgan fingerprint density at radius 3 is 2.68 bits per heavy atom. The van der Waals surface area contributed by atoms with Gasteiger partial charge in [0.2, 0.25) is 0 Å². The number of hydrogen-bond acceptors (Lipinski definition) is 5. The molecule has 3 heterocycles. The van der Waals surface area contributed by atoms with E-state index in [4.69, 9.17) is 9.47 Å². The Hall–Kier alpha value is -2.40. The van der Waals surface area contributed by atoms with Crippen LogP contribution in [0.2, 0.25) is 0 Å². The van der Waals surface area contributed by atoms with E-state index in [0.29, 0.717) is 45.1 Å². The lowest BCUT2D eigenvalue weighted by molar-refractivity contribution is -0.274. The highest BCUT2D eigenvalue weighted by atomic mass is 19.4. The molecule has 1 aromatic carbocycles. The molecule has 3 aliphatic rings. The van der Waals surface area contributed by atoms with Crippen molar-refractivity contribution in [1.29, 1.82) is 0 Å². The number of urea groups is 1. The molecule has 31 heavy (non-hydrogen) atoms. The van der Waals surface area contributed by atoms with Gasteiger partial charge >= 0.3 is 12.4 Å². The summed E-state index contributed by atoms with van der Waals surface area (Å²) in [6.07, 6.45) is -4.02. The van der Waals surface area contributed by atoms with Crippen LogP contribution in [0.1, 0.15) is 18.4 Å². The van der Waals surface area contributed by atoms with Crippen LogP contribution in [0.5, 0.6) is 5.75 Å². The number of nitrogens with zero attached hydrogens (tertiary/aromatic N) is 2. The van der Waals surface area contributed by atoms with E-state index in [1.165, 1.54) is 6.07 Å². The van der Waals surface area contributed by atoms with Crippen molar-refractivity contribution in [2.24, 2.45) is 5.92 Å². The third-order valence-corrected chi connectivity index (χ3v) is 5.73. The molecule has 0 unspecified atom stereocenters. The standard InChI is InChI=1S/C20H22F4N2O5/c21-17-6-15(31-20(22,23)24)2-1-12(17)10-29-16-8-26(9-16)19(28)25-4-3-18-13(7-25)5-14(27)11-30-18/h1-2,6,13,16,18H,3-5,7-11H2/t13-,18+/m1/s1. The fourth-order valence-electron chi connectivity index (χ4n) is 4.10. The molecule has 2 amide bonds. The van der Waals surface area contributed by atoms with Crippen molar-refractivity contribution in [3.63, 3.8) is 0 Å². The lowest BCUT2D eigenvalue weighted by Gasteiger charge is -2.45. The van der Waals surface area contributed by atoms with Crippen LogP contribution in [-0.2, 0) is 20.9 Å². The third-order valence-electron chi connectivity index (χ3n) is 5.73. The van der Waals surface area contributed by atoms with Crippen LogP contribution in [0.25, 0.3) is 0 Å². The van der Waals surface area contributed by atoms with Crippen molar-refractivity contribution in [2.45, 2.75) is 38.0 Å². The molecule has 0 spiro atoms. The zero-order chi connectivity index (χ0) is 22.2. The maximum Gasteiger partial charge on any atom is 0.573 e. The number of alkyl halides is 3. The molecule has 0 aliphatic carbocycles. The number of piperidine rings is 1. The van der Waals surface area contributed by atoms with Gasteiger partial charge in [0.25, 0.3) is 0 Å². The Kier molecular flexibility index (Phi) is 6.07. The number of hydrogen-bond donors (Lipinski definition) is 0. The van der Waals surface area contributed by atoms with E-state index in [9.17, 15) is 27.2 Å². The van der Waals surface area contributed by atoms with Crippen molar-refractivity contribution in [3.8, 4) is 5.75 Å². The second-order valence-corrected chi connectivity index (χ2v) is 8.01. The number of benzene rings is 1. The predicted molar refractivity (Wildman–Crippen MR) is 97.7 cm³/mol. The smallest absolute Gasteiger partial charge is 0.406 e. The molecule has 2 atom stereocenters. The number of likely N-dealkylation sites (tertiary alicyclic amines) is 2. The van der Waals surface area contributed by atoms with E-state index in [0.717, 1.165) is 6.07 Å². The Morgan fingerprint density at radius 1 is 1.19 bits per heavy atom. The number of ketones is 1. The highest BCUT2D eigenvalue weighted by Gasteiger charge is 2.40. The van der Waals surface area contributed by atoms with Crippen LogP contribution in [0.3, 0.4) is 0 Å². The van der Waals surface area contributed by atoms with Gasteiger partial charge in [-0.2, -0.15) is 0 Å². The molecule has 0 radical (unpaired) electrons. The SMILES string of the molecule is O=C1CO[C@H]2CCN(C(=O)N3CC(OCc4ccc(OC(F)(F)F)cc4F)C3)C[C@H]2C1. The molecular formula is C20H22F4N2O5. The van der Waals surface area contributed by atoms with Gasteiger partial charge in [-0.1, -0.05) is 6.07 Å². The summed E-state index contributed by atoms with van der Waals surface area (Å²) >= 11 is 0. The van der Waals surface area contributed by atoms with Gasteiger partial charge < -0.3 is 24.0 Å². The van der Waals surface area contributed by atoms with Gasteiger partial charge in [-0.15, -0.1) is 13.2 Å². The zero-order valence-corrected chi connectivity index (χ0v) is 16.6. The maximum atomic E-state index is 14.0. The minimum atomic E-state index is -4.89. The van der Waals surface area contributed by atoms with Gasteiger partial charge in [0.1, 0.15) is 18.2 Å². The van der Waals surface area contributed by atoms with E-state index in [1.807, 2.05) is 0 Å². The largest absolute Gasteiger partial charge is 0.573 e. The Labute approximate surface area is 175 Å². The van der Waals surface area contributed by atoms with E-state index >= 15 is 0 Å². The summed E-state index contributed by atoms with van der Waals surface area (Å²) in [5.41, 5.74) is 0.100. The fraction of sp³-hybridized carbons (Fsp3) is 0.600. The summed E-state index contributed by atoms with van der Waals surface area (Å²) in [5.74, 6) is -1.41. The second-order valence-electron chi connectivity index (χ2n) is 8.01. The molecule has 0 aromatic heterocycles. The molecule has 4 rings (SSSR count). The van der Waals surface area contributed by atoms with Gasteiger partial charge in [-0.05, 0) is 12.5 Å². The maximum absolute atomic E-state index is 14.0. The fourth-order valence-corrected chi connectivity index (χ4v) is 4.10. The van der Waals surface area contributed by atoms with Gasteiger partial charge in [0.05, 0.1) is 31.9 Å². The summed E-state index contributed by atoms with van der Waals surface area (Å²) in [4.78, 5) is 27.6. The van der Waals surface area contributed by atoms with Crippen LogP contribution in [0.4, 0.5) is 22.4 Å². The number of ether oxygens (including phenoxy) is 3. The predicted octanol–water partition coefficient (Wildman–Crippen LogP) is 2.73. The molecule has 3 aliphatic heterocycles. The van der Waals surface area contributed by atoms with E-state index in [-0.39, 0.29) is 48.7 Å². The van der Waals surface area contributed by atoms with E-state index in [1.54, 1.807) is 9.80 Å². The van der Waals surface area contributed by atoms with Crippen molar-refractivity contribution in [2.75, 3.05) is 32.8 Å². The number of amides is 2. The topological polar surface area (TPSA) is 68.3 Å². The Morgan fingerprint density at radius 2 is 1.97 bits per heavy atom. The summed E-state index contributed by atoms with van der Waals surface area (Å²) in [7, 11) is 0. The molecule has 0 bridgehead atoms. The number of fused-ring (bicyclic) bond motifs is 1. The number of carbonyl (C=O) groups excluding carboxylic acids is 2. The van der Waals surface area contributed by atoms with E-state index < -0.39 is 17.9 Å². The molecule has 0 N–H and O–H groups in total. The van der Waals surface area contributed by atoms with Gasteiger partial charge in [0, 0.05) is 37.1 Å². The summed E-state index contributed by atoms with van der Waals surface area (Å²) in [6, 6.07) is 2.73. The van der Waals surface area contributed by atoms with Crippen LogP contribution in [0, 0.1) is 11.7 Å². The van der Waals surface area contributed by atoms with Crippen molar-refractivity contribution in [1.82, 2.24) is 9.80 Å². The molecule has 1 aromatic rings. The molecule has 11 heteroatoms. The molecule has 0 saturated carbocycles. The first-order valence-corrected chi connectivity index (χ1v) is 10.0. The van der Waals surface area contributed by atoms with Crippen molar-refractivity contribution >= 4 is 11.8 Å². The van der Waals surface area contributed by atoms with Crippen LogP contribution < -0.4 is 4.74 Å². The summed E-state index contributed by atoms with van der Waals surface area (Å²) in [5, 5.41) is 0. The van der Waals surface area contributed by atoms with E-state index in [2.05, 4.69) is 4.74 Å². The lowest BCUT2D eigenvalue weighted by Crippen LogP contribution is -2.61. The van der Waals surface area contributed by atoms with Crippen molar-refractivity contribution in [3.05, 3.63) is 29.6 Å². The monoisotopic (exact) mass is 446 g/mol. The van der Waals surface area contributed by atoms with Gasteiger partial charge in [0.15, 0.2) is 5.78 Å². The Balaban J connectivity index is 1.22. The zero-order valence-electron chi connectivity index (χ0n) is 16.6. The summed E-state index contributed by atoms with van der Waals surface area (Å²) in [6.45, 7) is 1.75. The second kappa shape index (κ2) is 8.62. The highest BCUT2D eigenvalue weighted by molar-refractivity contribution is 5.81. The average molecular weight is 446 g/mol. The number of rotatable bonds is 4. The minimum Gasteiger partial charge on any atom is -0.406 e. The van der Waals surface area contributed by atoms with Crippen LogP contribution in [0.15, 0.2) is 18.2 Å². The van der Waals surface area contributed by atoms with Gasteiger partial charge in [-0.3, -0.25) is 4.79 Å². The molecule has 170 valence electrons. The molecule has 3 fully saturated rings. The van der Waals surface area contributed by atoms with Crippen LogP contribution >= 0.6 is 0 Å². The highest BCUT2D eigenvalue weighted by Crippen LogP contribution is 2.29. The Bertz CT molecular complexity index is 843. The quantitative estimate of drug-likeness (QED) is 0.666. The van der Waals surface area contributed by atoms with Crippen molar-refractivity contribution < 1.29 is 41.4 Å². The first kappa shape index (κ1) is 21.8. The van der Waals surface area contributed by atoms with Crippen LogP contribution in [-0.4, -0.2) is 73.0 Å². The molecular weight excluding hydrogens is 424 g/mol. The molecule has 7 nitrogen and oxygen atoms in total.